The van der Waals surface area contributed by atoms with Gasteiger partial charge in [-0.15, -0.1) is 0 Å². The summed E-state index contributed by atoms with van der Waals surface area (Å²) in [5.41, 5.74) is 0.761. The highest BCUT2D eigenvalue weighted by atomic mass is 16.5. The van der Waals surface area contributed by atoms with E-state index in [1.807, 2.05) is 0 Å². The monoisotopic (exact) mass is 358 g/mol. The van der Waals surface area contributed by atoms with Crippen molar-refractivity contribution in [2.45, 2.75) is 57.2 Å². The average Bonchev–Trinajstić information content (AvgIpc) is 3.01. The Morgan fingerprint density at radius 2 is 2.04 bits per heavy atom. The molecule has 1 aromatic rings. The number of carboxylic acid groups (broad SMARTS) is 1. The van der Waals surface area contributed by atoms with Crippen molar-refractivity contribution >= 4 is 23.5 Å². The van der Waals surface area contributed by atoms with E-state index in [0.29, 0.717) is 23.4 Å². The number of hydrogen-bond donors (Lipinski definition) is 2. The number of nitrogens with one attached hydrogen (secondary N) is 1. The third kappa shape index (κ3) is 2.62. The van der Waals surface area contributed by atoms with Crippen molar-refractivity contribution in [1.29, 1.82) is 0 Å². The first kappa shape index (κ1) is 16.9. The summed E-state index contributed by atoms with van der Waals surface area (Å²) in [7, 11) is 0. The Morgan fingerprint density at radius 3 is 2.81 bits per heavy atom. The summed E-state index contributed by atoms with van der Waals surface area (Å²) in [6, 6.07) is 4.15. The lowest BCUT2D eigenvalue weighted by atomic mass is 9.84. The first-order valence-electron chi connectivity index (χ1n) is 9.13. The van der Waals surface area contributed by atoms with Crippen molar-refractivity contribution in [3.63, 3.8) is 0 Å². The maximum absolute atomic E-state index is 13.3. The second-order valence-corrected chi connectivity index (χ2v) is 7.35. The van der Waals surface area contributed by atoms with Gasteiger partial charge in [0.15, 0.2) is 11.9 Å². The van der Waals surface area contributed by atoms with Gasteiger partial charge in [0.25, 0.3) is 11.8 Å². The quantitative estimate of drug-likeness (QED) is 0.845. The van der Waals surface area contributed by atoms with Crippen LogP contribution in [0.4, 0.5) is 5.69 Å². The van der Waals surface area contributed by atoms with Gasteiger partial charge in [-0.05, 0) is 44.2 Å². The van der Waals surface area contributed by atoms with E-state index in [2.05, 4.69) is 5.32 Å². The Balaban J connectivity index is 1.72. The molecule has 2 aliphatic heterocycles. The molecule has 7 nitrogen and oxygen atoms in total. The van der Waals surface area contributed by atoms with Crippen LogP contribution in [0.5, 0.6) is 5.75 Å². The molecule has 2 N–H and O–H groups in total. The van der Waals surface area contributed by atoms with Crippen molar-refractivity contribution in [2.24, 2.45) is 5.92 Å². The zero-order valence-electron chi connectivity index (χ0n) is 14.6. The molecule has 2 amide bonds. The Morgan fingerprint density at radius 1 is 1.27 bits per heavy atom. The lowest BCUT2D eigenvalue weighted by molar-refractivity contribution is -0.141. The van der Waals surface area contributed by atoms with Crippen LogP contribution in [-0.2, 0) is 9.59 Å². The number of nitrogens with zero attached hydrogens (tertiary/aromatic N) is 1. The molecular formula is C19H22N2O5. The van der Waals surface area contributed by atoms with E-state index in [-0.39, 0.29) is 23.8 Å². The number of likely N-dealkylation sites (tertiary alicyclic amines) is 1. The number of para-hydroxylation sites is 1. The predicted molar refractivity (Wildman–Crippen MR) is 93.1 cm³/mol. The number of hydrogen-bond acceptors (Lipinski definition) is 4. The predicted octanol–water partition coefficient (Wildman–Crippen LogP) is 2.26. The van der Waals surface area contributed by atoms with E-state index in [1.165, 1.54) is 0 Å². The lowest BCUT2D eigenvalue weighted by Gasteiger charge is -2.34. The molecule has 26 heavy (non-hydrogen) atoms. The summed E-state index contributed by atoms with van der Waals surface area (Å²) in [6.07, 6.45) is 3.70. The van der Waals surface area contributed by atoms with Gasteiger partial charge < -0.3 is 20.1 Å². The van der Waals surface area contributed by atoms with Crippen molar-refractivity contribution in [1.82, 2.24) is 4.90 Å². The summed E-state index contributed by atoms with van der Waals surface area (Å²) in [6.45, 7) is 1.62. The molecule has 0 spiro atoms. The minimum Gasteiger partial charge on any atom is -0.480 e. The Bertz CT molecular complexity index is 777. The smallest absolute Gasteiger partial charge is 0.326 e. The Kier molecular flexibility index (Phi) is 4.09. The van der Waals surface area contributed by atoms with Crippen LogP contribution in [0.25, 0.3) is 0 Å². The summed E-state index contributed by atoms with van der Waals surface area (Å²) in [5.74, 6) is -0.980. The Labute approximate surface area is 151 Å². The van der Waals surface area contributed by atoms with Gasteiger partial charge in [-0.3, -0.25) is 9.59 Å². The number of carbonyl (C=O) groups excluding carboxylic acids is 2. The fraction of sp³-hybridized carbons (Fsp3) is 0.526. The van der Waals surface area contributed by atoms with Gasteiger partial charge in [0, 0.05) is 6.04 Å². The molecular weight excluding hydrogens is 336 g/mol. The number of anilines is 1. The van der Waals surface area contributed by atoms with Crippen LogP contribution >= 0.6 is 0 Å². The van der Waals surface area contributed by atoms with Gasteiger partial charge in [0.05, 0.1) is 11.3 Å². The summed E-state index contributed by atoms with van der Waals surface area (Å²) < 4.78 is 5.68. The highest BCUT2D eigenvalue weighted by Crippen LogP contribution is 2.42. The van der Waals surface area contributed by atoms with E-state index < -0.39 is 18.1 Å². The molecule has 0 radical (unpaired) electrons. The summed E-state index contributed by atoms with van der Waals surface area (Å²) in [4.78, 5) is 38.5. The molecule has 1 aromatic carbocycles. The highest BCUT2D eigenvalue weighted by molar-refractivity contribution is 6.05. The maximum Gasteiger partial charge on any atom is 0.326 e. The third-order valence-corrected chi connectivity index (χ3v) is 5.77. The molecule has 2 fully saturated rings. The number of benzene rings is 1. The van der Waals surface area contributed by atoms with Gasteiger partial charge in [-0.2, -0.15) is 0 Å². The van der Waals surface area contributed by atoms with Crippen LogP contribution < -0.4 is 10.1 Å². The normalized spacial score (nSPS) is 30.0. The number of carboxylic acids is 1. The zero-order chi connectivity index (χ0) is 18.4. The van der Waals surface area contributed by atoms with Gasteiger partial charge in [0.1, 0.15) is 6.04 Å². The minimum atomic E-state index is -0.958. The number of amides is 2. The van der Waals surface area contributed by atoms with Crippen LogP contribution in [-0.4, -0.2) is 46.0 Å². The molecule has 0 bridgehead atoms. The SMILES string of the molecule is CC1Oc2c(cccc2C(=O)N2C(C(=O)O)CC3CCCCC32)NC1=O. The first-order chi connectivity index (χ1) is 12.5. The molecule has 0 aromatic heterocycles. The number of fused-ring (bicyclic) bond motifs is 2. The molecule has 138 valence electrons. The van der Waals surface area contributed by atoms with Crippen LogP contribution in [0.1, 0.15) is 49.4 Å². The molecule has 4 unspecified atom stereocenters. The van der Waals surface area contributed by atoms with Crippen molar-refractivity contribution in [3.8, 4) is 5.75 Å². The molecule has 1 saturated carbocycles. The van der Waals surface area contributed by atoms with Crippen molar-refractivity contribution < 1.29 is 24.2 Å². The van der Waals surface area contributed by atoms with E-state index in [0.717, 1.165) is 25.7 Å². The van der Waals surface area contributed by atoms with Crippen molar-refractivity contribution in [2.75, 3.05) is 5.32 Å². The fourth-order valence-corrected chi connectivity index (χ4v) is 4.51. The molecule has 4 atom stereocenters. The minimum absolute atomic E-state index is 0.0381. The first-order valence-corrected chi connectivity index (χ1v) is 9.13. The number of aliphatic carboxylic acids is 1. The molecule has 4 rings (SSSR count). The standard InChI is InChI=1S/C19H22N2O5/c1-10-17(22)20-13-7-4-6-12(16(13)26-10)18(23)21-14-8-3-2-5-11(14)9-15(21)19(24)25/h4,6-7,10-11,14-15H,2-3,5,8-9H2,1H3,(H,20,22)(H,24,25). The largest absolute Gasteiger partial charge is 0.480 e. The van der Waals surface area contributed by atoms with Crippen LogP contribution in [0.15, 0.2) is 18.2 Å². The number of rotatable bonds is 2. The van der Waals surface area contributed by atoms with Crippen molar-refractivity contribution in [3.05, 3.63) is 23.8 Å². The van der Waals surface area contributed by atoms with Crippen LogP contribution in [0.2, 0.25) is 0 Å². The molecule has 2 heterocycles. The molecule has 1 saturated heterocycles. The lowest BCUT2D eigenvalue weighted by Crippen LogP contribution is -2.46. The molecule has 7 heteroatoms. The van der Waals surface area contributed by atoms with Gasteiger partial charge >= 0.3 is 5.97 Å². The van der Waals surface area contributed by atoms with Gasteiger partial charge in [-0.1, -0.05) is 18.9 Å². The maximum atomic E-state index is 13.3. The average molecular weight is 358 g/mol. The fourth-order valence-electron chi connectivity index (χ4n) is 4.51. The van der Waals surface area contributed by atoms with Crippen LogP contribution in [0, 0.1) is 5.92 Å². The number of carbonyl (C=O) groups is 3. The third-order valence-electron chi connectivity index (χ3n) is 5.77. The van der Waals surface area contributed by atoms with E-state index in [9.17, 15) is 19.5 Å². The second-order valence-electron chi connectivity index (χ2n) is 7.35. The van der Waals surface area contributed by atoms with E-state index in [4.69, 9.17) is 4.74 Å². The zero-order valence-corrected chi connectivity index (χ0v) is 14.6. The van der Waals surface area contributed by atoms with Crippen LogP contribution in [0.3, 0.4) is 0 Å². The summed E-state index contributed by atoms with van der Waals surface area (Å²) in [5, 5.41) is 12.4. The molecule has 3 aliphatic rings. The second kappa shape index (κ2) is 6.30. The Hall–Kier alpha value is -2.57. The van der Waals surface area contributed by atoms with Gasteiger partial charge in [0.2, 0.25) is 0 Å². The summed E-state index contributed by atoms with van der Waals surface area (Å²) >= 11 is 0. The van der Waals surface area contributed by atoms with E-state index >= 15 is 0 Å². The topological polar surface area (TPSA) is 95.9 Å². The highest BCUT2D eigenvalue weighted by Gasteiger charge is 2.48. The number of ether oxygens (including phenoxy) is 1. The molecule has 1 aliphatic carbocycles. The van der Waals surface area contributed by atoms with Gasteiger partial charge in [-0.25, -0.2) is 4.79 Å². The van der Waals surface area contributed by atoms with E-state index in [1.54, 1.807) is 30.0 Å².